The molecule has 1 unspecified atom stereocenters. The predicted octanol–water partition coefficient (Wildman–Crippen LogP) is 1.54. The maximum absolute atomic E-state index is 11.0. The van der Waals surface area contributed by atoms with Crippen molar-refractivity contribution in [2.45, 2.75) is 32.8 Å². The normalized spacial score (nSPS) is 24.2. The zero-order valence-corrected chi connectivity index (χ0v) is 6.76. The van der Waals surface area contributed by atoms with Crippen LogP contribution in [0, 0.1) is 0 Å². The van der Waals surface area contributed by atoms with Crippen molar-refractivity contribution in [1.82, 2.24) is 0 Å². The number of Topliss-reactive ketones (excluding diaryl/α,β-unsaturated/α-hetero) is 1. The average molecular weight is 156 g/mol. The van der Waals surface area contributed by atoms with Gasteiger partial charge < -0.3 is 9.84 Å². The minimum absolute atomic E-state index is 0.181. The molecule has 1 rings (SSSR count). The molecule has 0 aromatic heterocycles. The molecular formula is C8H12O3. The summed E-state index contributed by atoms with van der Waals surface area (Å²) in [5, 5.41) is 9.16. The fourth-order valence-electron chi connectivity index (χ4n) is 1.06. The molecule has 0 saturated heterocycles. The van der Waals surface area contributed by atoms with Gasteiger partial charge in [-0.1, -0.05) is 6.92 Å². The molecule has 0 aliphatic carbocycles. The van der Waals surface area contributed by atoms with Gasteiger partial charge in [0, 0.05) is 6.42 Å². The lowest BCUT2D eigenvalue weighted by molar-refractivity contribution is -0.122. The van der Waals surface area contributed by atoms with E-state index in [0.717, 1.165) is 6.42 Å². The van der Waals surface area contributed by atoms with E-state index in [1.807, 2.05) is 6.92 Å². The molecule has 0 aromatic rings. The first-order valence-electron chi connectivity index (χ1n) is 3.79. The van der Waals surface area contributed by atoms with Crippen molar-refractivity contribution < 1.29 is 14.6 Å². The van der Waals surface area contributed by atoms with Crippen molar-refractivity contribution >= 4 is 5.78 Å². The monoisotopic (exact) mass is 156 g/mol. The minimum Gasteiger partial charge on any atom is -0.502 e. The molecule has 1 N–H and O–H groups in total. The summed E-state index contributed by atoms with van der Waals surface area (Å²) in [4.78, 5) is 11.0. The van der Waals surface area contributed by atoms with Gasteiger partial charge in [-0.25, -0.2) is 0 Å². The van der Waals surface area contributed by atoms with E-state index in [0.29, 0.717) is 12.2 Å². The fraction of sp³-hybridized carbons (Fsp3) is 0.625. The van der Waals surface area contributed by atoms with Gasteiger partial charge in [0.1, 0.15) is 5.76 Å². The van der Waals surface area contributed by atoms with E-state index in [1.165, 1.54) is 0 Å². The number of carbonyl (C=O) groups excluding carboxylic acids is 1. The van der Waals surface area contributed by atoms with Crippen LogP contribution in [0.5, 0.6) is 0 Å². The lowest BCUT2D eigenvalue weighted by Crippen LogP contribution is -2.12. The maximum Gasteiger partial charge on any atom is 0.240 e. The fourth-order valence-corrected chi connectivity index (χ4v) is 1.06. The summed E-state index contributed by atoms with van der Waals surface area (Å²) < 4.78 is 5.11. The second-order valence-corrected chi connectivity index (χ2v) is 2.65. The highest BCUT2D eigenvalue weighted by molar-refractivity contribution is 5.98. The first-order chi connectivity index (χ1) is 5.16. The number of allylic oxidation sites excluding steroid dienone is 1. The number of ketones is 1. The summed E-state index contributed by atoms with van der Waals surface area (Å²) in [6.45, 7) is 3.61. The molecule has 11 heavy (non-hydrogen) atoms. The second-order valence-electron chi connectivity index (χ2n) is 2.65. The van der Waals surface area contributed by atoms with Crippen LogP contribution in [0.15, 0.2) is 11.5 Å². The highest BCUT2D eigenvalue weighted by Gasteiger charge is 2.30. The van der Waals surface area contributed by atoms with Crippen molar-refractivity contribution in [3.05, 3.63) is 11.5 Å². The SMILES string of the molecule is CCCC1=C(O)C(=O)C(C)O1. The highest BCUT2D eigenvalue weighted by Crippen LogP contribution is 2.22. The first-order valence-corrected chi connectivity index (χ1v) is 3.79. The third-order valence-electron chi connectivity index (χ3n) is 1.66. The molecule has 0 radical (unpaired) electrons. The van der Waals surface area contributed by atoms with Crippen LogP contribution in [-0.2, 0) is 9.53 Å². The highest BCUT2D eigenvalue weighted by atomic mass is 16.5. The third-order valence-corrected chi connectivity index (χ3v) is 1.66. The van der Waals surface area contributed by atoms with Crippen molar-refractivity contribution in [2.24, 2.45) is 0 Å². The predicted molar refractivity (Wildman–Crippen MR) is 40.1 cm³/mol. The van der Waals surface area contributed by atoms with E-state index in [9.17, 15) is 4.79 Å². The molecule has 0 aromatic carbocycles. The van der Waals surface area contributed by atoms with Gasteiger partial charge in [0.05, 0.1) is 0 Å². The summed E-state index contributed by atoms with van der Waals surface area (Å²) in [7, 11) is 0. The molecule has 1 aliphatic heterocycles. The van der Waals surface area contributed by atoms with Crippen LogP contribution in [0.3, 0.4) is 0 Å². The van der Waals surface area contributed by atoms with Crippen molar-refractivity contribution in [3.63, 3.8) is 0 Å². The van der Waals surface area contributed by atoms with E-state index in [2.05, 4.69) is 0 Å². The number of aliphatic hydroxyl groups is 1. The number of aliphatic hydroxyl groups excluding tert-OH is 1. The maximum atomic E-state index is 11.0. The Kier molecular flexibility index (Phi) is 2.17. The Balaban J connectivity index is 2.72. The molecule has 0 saturated carbocycles. The minimum atomic E-state index is -0.489. The van der Waals surface area contributed by atoms with Gasteiger partial charge in [0.15, 0.2) is 6.10 Å². The summed E-state index contributed by atoms with van der Waals surface area (Å²) in [5.41, 5.74) is 0. The summed E-state index contributed by atoms with van der Waals surface area (Å²) in [5.74, 6) is -0.0298. The van der Waals surface area contributed by atoms with Crippen molar-refractivity contribution in [1.29, 1.82) is 0 Å². The number of ether oxygens (including phenoxy) is 1. The summed E-state index contributed by atoms with van der Waals surface area (Å²) >= 11 is 0. The smallest absolute Gasteiger partial charge is 0.240 e. The molecule has 0 amide bonds. The molecule has 0 spiro atoms. The van der Waals surface area contributed by atoms with Gasteiger partial charge in [0.2, 0.25) is 11.5 Å². The van der Waals surface area contributed by atoms with Crippen LogP contribution in [-0.4, -0.2) is 17.0 Å². The Bertz CT molecular complexity index is 205. The van der Waals surface area contributed by atoms with Crippen LogP contribution >= 0.6 is 0 Å². The summed E-state index contributed by atoms with van der Waals surface area (Å²) in [6, 6.07) is 0. The molecule has 3 nitrogen and oxygen atoms in total. The Labute approximate surface area is 65.7 Å². The van der Waals surface area contributed by atoms with Crippen LogP contribution in [0.4, 0.5) is 0 Å². The number of carbonyl (C=O) groups is 1. The van der Waals surface area contributed by atoms with Crippen LogP contribution in [0.25, 0.3) is 0 Å². The van der Waals surface area contributed by atoms with Gasteiger partial charge >= 0.3 is 0 Å². The van der Waals surface area contributed by atoms with Crippen molar-refractivity contribution in [3.8, 4) is 0 Å². The molecule has 1 heterocycles. The topological polar surface area (TPSA) is 46.5 Å². The van der Waals surface area contributed by atoms with Crippen LogP contribution in [0.2, 0.25) is 0 Å². The zero-order chi connectivity index (χ0) is 8.43. The van der Waals surface area contributed by atoms with Gasteiger partial charge in [0.25, 0.3) is 0 Å². The zero-order valence-electron chi connectivity index (χ0n) is 6.76. The van der Waals surface area contributed by atoms with E-state index in [4.69, 9.17) is 9.84 Å². The van der Waals surface area contributed by atoms with Crippen molar-refractivity contribution in [2.75, 3.05) is 0 Å². The van der Waals surface area contributed by atoms with E-state index in [-0.39, 0.29) is 11.5 Å². The van der Waals surface area contributed by atoms with Gasteiger partial charge in [-0.2, -0.15) is 0 Å². The Morgan fingerprint density at radius 1 is 1.64 bits per heavy atom. The molecule has 62 valence electrons. The average Bonchev–Trinajstić information content (AvgIpc) is 2.19. The Morgan fingerprint density at radius 2 is 2.27 bits per heavy atom. The van der Waals surface area contributed by atoms with Gasteiger partial charge in [-0.3, -0.25) is 4.79 Å². The molecule has 1 atom stereocenters. The molecule has 3 heteroatoms. The molecule has 0 bridgehead atoms. The van der Waals surface area contributed by atoms with Gasteiger partial charge in [-0.15, -0.1) is 0 Å². The third kappa shape index (κ3) is 1.37. The number of hydrogen-bond acceptors (Lipinski definition) is 3. The second kappa shape index (κ2) is 2.95. The van der Waals surface area contributed by atoms with E-state index in [1.54, 1.807) is 6.92 Å². The Hall–Kier alpha value is -0.990. The lowest BCUT2D eigenvalue weighted by Gasteiger charge is -2.03. The first kappa shape index (κ1) is 8.11. The van der Waals surface area contributed by atoms with Crippen LogP contribution in [0.1, 0.15) is 26.7 Å². The largest absolute Gasteiger partial charge is 0.502 e. The standard InChI is InChI=1S/C8H12O3/c1-3-4-6-8(10)7(9)5(2)11-6/h5,10H,3-4H2,1-2H3. The lowest BCUT2D eigenvalue weighted by atomic mass is 10.2. The molecule has 0 fully saturated rings. The summed E-state index contributed by atoms with van der Waals surface area (Å²) in [6.07, 6.45) is 1.03. The van der Waals surface area contributed by atoms with E-state index < -0.39 is 6.10 Å². The number of hydrogen-bond donors (Lipinski definition) is 1. The van der Waals surface area contributed by atoms with Gasteiger partial charge in [-0.05, 0) is 13.3 Å². The molecular weight excluding hydrogens is 144 g/mol. The molecule has 1 aliphatic rings. The number of rotatable bonds is 2. The van der Waals surface area contributed by atoms with E-state index >= 15 is 0 Å². The Morgan fingerprint density at radius 3 is 2.64 bits per heavy atom. The quantitative estimate of drug-likeness (QED) is 0.659. The van der Waals surface area contributed by atoms with Crippen LogP contribution < -0.4 is 0 Å².